The Kier molecular flexibility index (Phi) is 5.07. The Morgan fingerprint density at radius 3 is 2.45 bits per heavy atom. The van der Waals surface area contributed by atoms with Crippen molar-refractivity contribution in [3.05, 3.63) is 35.7 Å². The van der Waals surface area contributed by atoms with E-state index in [1.807, 2.05) is 6.92 Å². The molecule has 0 bridgehead atoms. The molecular formula is C17H25N3. The van der Waals surface area contributed by atoms with Crippen LogP contribution in [0.4, 0.5) is 0 Å². The Balaban J connectivity index is 2.42. The van der Waals surface area contributed by atoms with Gasteiger partial charge >= 0.3 is 0 Å². The van der Waals surface area contributed by atoms with Crippen molar-refractivity contribution < 1.29 is 0 Å². The van der Waals surface area contributed by atoms with Gasteiger partial charge in [0.1, 0.15) is 0 Å². The third kappa shape index (κ3) is 2.98. The van der Waals surface area contributed by atoms with E-state index >= 15 is 0 Å². The Hall–Kier alpha value is -1.48. The van der Waals surface area contributed by atoms with Crippen molar-refractivity contribution in [3.63, 3.8) is 0 Å². The van der Waals surface area contributed by atoms with E-state index in [1.54, 1.807) is 0 Å². The van der Waals surface area contributed by atoms with Gasteiger partial charge in [0.25, 0.3) is 0 Å². The van der Waals surface area contributed by atoms with Crippen LogP contribution in [0.15, 0.2) is 24.3 Å². The normalized spacial score (nSPS) is 14.4. The standard InChI is InChI=1S/C17H25N3/c1-5-11-18-12(3)14(6-2)17-16-10-8-7-9-15(16)13(4)19-20-17/h7-10,12,14,18H,5-6,11H2,1-4H3. The summed E-state index contributed by atoms with van der Waals surface area (Å²) in [5.41, 5.74) is 2.14. The van der Waals surface area contributed by atoms with Gasteiger partial charge in [-0.15, -0.1) is 0 Å². The fourth-order valence-corrected chi connectivity index (χ4v) is 2.83. The van der Waals surface area contributed by atoms with Gasteiger partial charge < -0.3 is 5.32 Å². The van der Waals surface area contributed by atoms with Crippen LogP contribution in [0.2, 0.25) is 0 Å². The molecule has 3 nitrogen and oxygen atoms in total. The summed E-state index contributed by atoms with van der Waals surface area (Å²) in [5.74, 6) is 0.402. The summed E-state index contributed by atoms with van der Waals surface area (Å²) in [6.07, 6.45) is 2.22. The van der Waals surface area contributed by atoms with Gasteiger partial charge in [0, 0.05) is 22.7 Å². The molecule has 0 saturated carbocycles. The van der Waals surface area contributed by atoms with Crippen LogP contribution in [0, 0.1) is 6.92 Å². The first-order chi connectivity index (χ1) is 9.69. The first-order valence-corrected chi connectivity index (χ1v) is 7.64. The fourth-order valence-electron chi connectivity index (χ4n) is 2.83. The number of fused-ring (bicyclic) bond motifs is 1. The minimum absolute atomic E-state index is 0.402. The summed E-state index contributed by atoms with van der Waals surface area (Å²) < 4.78 is 0. The zero-order valence-corrected chi connectivity index (χ0v) is 13.0. The lowest BCUT2D eigenvalue weighted by Crippen LogP contribution is -2.33. The highest BCUT2D eigenvalue weighted by Crippen LogP contribution is 2.29. The summed E-state index contributed by atoms with van der Waals surface area (Å²) in [6, 6.07) is 8.88. The summed E-state index contributed by atoms with van der Waals surface area (Å²) >= 11 is 0. The maximum absolute atomic E-state index is 4.52. The molecule has 0 aliphatic rings. The molecule has 2 atom stereocenters. The second kappa shape index (κ2) is 6.80. The first-order valence-electron chi connectivity index (χ1n) is 7.64. The lowest BCUT2D eigenvalue weighted by atomic mass is 9.91. The van der Waals surface area contributed by atoms with E-state index < -0.39 is 0 Å². The van der Waals surface area contributed by atoms with Gasteiger partial charge in [-0.3, -0.25) is 0 Å². The molecule has 2 aromatic rings. The smallest absolute Gasteiger partial charge is 0.0755 e. The molecule has 0 radical (unpaired) electrons. The molecule has 0 fully saturated rings. The van der Waals surface area contributed by atoms with Gasteiger partial charge in [-0.05, 0) is 33.2 Å². The van der Waals surface area contributed by atoms with E-state index in [1.165, 1.54) is 10.8 Å². The SMILES string of the molecule is CCCNC(C)C(CC)c1nnc(C)c2ccccc12. The average Bonchev–Trinajstić information content (AvgIpc) is 2.48. The molecular weight excluding hydrogens is 246 g/mol. The average molecular weight is 271 g/mol. The van der Waals surface area contributed by atoms with Crippen LogP contribution >= 0.6 is 0 Å². The Labute approximate surface area is 121 Å². The third-order valence-electron chi connectivity index (χ3n) is 4.01. The monoisotopic (exact) mass is 271 g/mol. The molecule has 0 saturated heterocycles. The van der Waals surface area contributed by atoms with Gasteiger partial charge in [0.2, 0.25) is 0 Å². The summed E-state index contributed by atoms with van der Waals surface area (Å²) in [6.45, 7) is 9.75. The second-order valence-corrected chi connectivity index (χ2v) is 5.47. The number of rotatable bonds is 6. The Bertz CT molecular complexity index is 565. The minimum atomic E-state index is 0.402. The molecule has 0 aliphatic carbocycles. The second-order valence-electron chi connectivity index (χ2n) is 5.47. The van der Waals surface area contributed by atoms with E-state index in [4.69, 9.17) is 0 Å². The van der Waals surface area contributed by atoms with Crippen LogP contribution in [0.5, 0.6) is 0 Å². The van der Waals surface area contributed by atoms with Crippen LogP contribution in [-0.4, -0.2) is 22.8 Å². The van der Waals surface area contributed by atoms with Crippen LogP contribution in [0.3, 0.4) is 0 Å². The number of aromatic nitrogens is 2. The Morgan fingerprint density at radius 1 is 1.10 bits per heavy atom. The minimum Gasteiger partial charge on any atom is -0.314 e. The maximum Gasteiger partial charge on any atom is 0.0755 e. The van der Waals surface area contributed by atoms with E-state index in [0.717, 1.165) is 30.8 Å². The van der Waals surface area contributed by atoms with Crippen molar-refractivity contribution in [1.29, 1.82) is 0 Å². The number of nitrogens with zero attached hydrogens (tertiary/aromatic N) is 2. The van der Waals surface area contributed by atoms with Gasteiger partial charge in [-0.25, -0.2) is 0 Å². The van der Waals surface area contributed by atoms with E-state index in [0.29, 0.717) is 12.0 Å². The van der Waals surface area contributed by atoms with Crippen molar-refractivity contribution in [3.8, 4) is 0 Å². The van der Waals surface area contributed by atoms with Gasteiger partial charge in [0.05, 0.1) is 11.4 Å². The molecule has 3 heteroatoms. The van der Waals surface area contributed by atoms with Gasteiger partial charge in [-0.1, -0.05) is 38.1 Å². The molecule has 1 aromatic carbocycles. The molecule has 20 heavy (non-hydrogen) atoms. The lowest BCUT2D eigenvalue weighted by molar-refractivity contribution is 0.442. The molecule has 0 spiro atoms. The molecule has 2 rings (SSSR count). The largest absolute Gasteiger partial charge is 0.314 e. The highest BCUT2D eigenvalue weighted by atomic mass is 15.1. The van der Waals surface area contributed by atoms with Crippen molar-refractivity contribution in [2.75, 3.05) is 6.54 Å². The molecule has 2 unspecified atom stereocenters. The molecule has 108 valence electrons. The summed E-state index contributed by atoms with van der Waals surface area (Å²) in [7, 11) is 0. The van der Waals surface area contributed by atoms with Gasteiger partial charge in [0.15, 0.2) is 0 Å². The highest BCUT2D eigenvalue weighted by Gasteiger charge is 2.21. The fraction of sp³-hybridized carbons (Fsp3) is 0.529. The highest BCUT2D eigenvalue weighted by molar-refractivity contribution is 5.86. The van der Waals surface area contributed by atoms with Crippen LogP contribution in [-0.2, 0) is 0 Å². The number of nitrogens with one attached hydrogen (secondary N) is 1. The van der Waals surface area contributed by atoms with Gasteiger partial charge in [-0.2, -0.15) is 10.2 Å². The molecule has 1 aromatic heterocycles. The maximum atomic E-state index is 4.52. The van der Waals surface area contributed by atoms with Crippen LogP contribution in [0.25, 0.3) is 10.8 Å². The summed E-state index contributed by atoms with van der Waals surface area (Å²) in [5, 5.41) is 14.9. The first kappa shape index (κ1) is 14.9. The Morgan fingerprint density at radius 2 is 1.80 bits per heavy atom. The molecule has 0 amide bonds. The molecule has 0 aliphatic heterocycles. The quantitative estimate of drug-likeness (QED) is 0.868. The number of hydrogen-bond donors (Lipinski definition) is 1. The molecule has 1 N–H and O–H groups in total. The predicted octanol–water partition coefficient (Wildman–Crippen LogP) is 3.82. The topological polar surface area (TPSA) is 37.8 Å². The number of hydrogen-bond acceptors (Lipinski definition) is 3. The summed E-state index contributed by atoms with van der Waals surface area (Å²) in [4.78, 5) is 0. The van der Waals surface area contributed by atoms with Crippen molar-refractivity contribution in [1.82, 2.24) is 15.5 Å². The number of benzene rings is 1. The van der Waals surface area contributed by atoms with Crippen molar-refractivity contribution >= 4 is 10.8 Å². The predicted molar refractivity (Wildman–Crippen MR) is 85.1 cm³/mol. The van der Waals surface area contributed by atoms with E-state index in [9.17, 15) is 0 Å². The zero-order chi connectivity index (χ0) is 14.5. The lowest BCUT2D eigenvalue weighted by Gasteiger charge is -2.24. The van der Waals surface area contributed by atoms with Crippen molar-refractivity contribution in [2.45, 2.75) is 52.5 Å². The van der Waals surface area contributed by atoms with Crippen molar-refractivity contribution in [2.24, 2.45) is 0 Å². The van der Waals surface area contributed by atoms with Crippen LogP contribution < -0.4 is 5.32 Å². The van der Waals surface area contributed by atoms with Crippen LogP contribution in [0.1, 0.15) is 50.9 Å². The third-order valence-corrected chi connectivity index (χ3v) is 4.01. The number of aryl methyl sites for hydroxylation is 1. The molecule has 1 heterocycles. The zero-order valence-electron chi connectivity index (χ0n) is 13.0. The van der Waals surface area contributed by atoms with E-state index in [2.05, 4.69) is 60.6 Å². The van der Waals surface area contributed by atoms with E-state index in [-0.39, 0.29) is 0 Å².